The lowest BCUT2D eigenvalue weighted by Crippen LogP contribution is -2.46. The minimum atomic E-state index is 0.221. The number of nitrogens with zero attached hydrogens (tertiary/aromatic N) is 2. The van der Waals surface area contributed by atoms with Crippen LogP contribution in [0.2, 0.25) is 0 Å². The lowest BCUT2D eigenvalue weighted by Gasteiger charge is -2.41. The molecule has 0 radical (unpaired) electrons. The van der Waals surface area contributed by atoms with E-state index in [4.69, 9.17) is 4.74 Å². The van der Waals surface area contributed by atoms with Gasteiger partial charge in [0.05, 0.1) is 19.2 Å². The van der Waals surface area contributed by atoms with Crippen LogP contribution >= 0.6 is 0 Å². The number of allylic oxidation sites excluding steroid dienone is 1. The maximum absolute atomic E-state index is 11.9. The largest absolute Gasteiger partial charge is 0.497 e. The summed E-state index contributed by atoms with van der Waals surface area (Å²) >= 11 is 0. The molecular weight excluding hydrogens is 276 g/mol. The Balaban J connectivity index is 1.78. The minimum absolute atomic E-state index is 0.221. The van der Waals surface area contributed by atoms with E-state index in [1.54, 1.807) is 7.11 Å². The number of pyridine rings is 1. The van der Waals surface area contributed by atoms with E-state index in [1.807, 2.05) is 30.5 Å². The van der Waals surface area contributed by atoms with Crippen LogP contribution in [0.1, 0.15) is 18.4 Å². The molecule has 1 aromatic heterocycles. The van der Waals surface area contributed by atoms with Gasteiger partial charge in [0, 0.05) is 29.7 Å². The molecule has 0 aliphatic carbocycles. The Labute approximate surface area is 129 Å². The standard InChI is InChI=1S/C18H18N2O2/c1-22-15-2-3-17-16(10-15)12(4-6-19-17)8-14-9-13-5-7-20(14)11-18(13)21/h2-4,6,8,10,13H,5,7,9,11H2,1H3/b14-8+. The zero-order valence-electron chi connectivity index (χ0n) is 12.6. The SMILES string of the molecule is COc1ccc2nccc(/C=C3\CC4CCN3CC4=O)c2c1. The molecule has 0 saturated carbocycles. The molecular formula is C18H18N2O2. The van der Waals surface area contributed by atoms with Crippen LogP contribution in [0.5, 0.6) is 5.75 Å². The van der Waals surface area contributed by atoms with Crippen LogP contribution in [0.25, 0.3) is 17.0 Å². The Hall–Kier alpha value is -2.36. The van der Waals surface area contributed by atoms with Crippen molar-refractivity contribution in [3.8, 4) is 5.75 Å². The summed E-state index contributed by atoms with van der Waals surface area (Å²) < 4.78 is 5.33. The van der Waals surface area contributed by atoms with E-state index < -0.39 is 0 Å². The summed E-state index contributed by atoms with van der Waals surface area (Å²) in [6, 6.07) is 7.96. The summed E-state index contributed by atoms with van der Waals surface area (Å²) in [5, 5.41) is 1.09. The van der Waals surface area contributed by atoms with Crippen molar-refractivity contribution in [3.63, 3.8) is 0 Å². The fourth-order valence-electron chi connectivity index (χ4n) is 3.44. The molecule has 5 rings (SSSR count). The minimum Gasteiger partial charge on any atom is -0.497 e. The molecule has 2 bridgehead atoms. The van der Waals surface area contributed by atoms with Crippen LogP contribution in [-0.2, 0) is 4.79 Å². The van der Waals surface area contributed by atoms with Gasteiger partial charge in [0.25, 0.3) is 0 Å². The van der Waals surface area contributed by atoms with Gasteiger partial charge in [0.2, 0.25) is 0 Å². The number of aromatic nitrogens is 1. The number of Topliss-reactive ketones (excluding diaryl/α,β-unsaturated/α-hetero) is 1. The van der Waals surface area contributed by atoms with Crippen molar-refractivity contribution in [2.75, 3.05) is 20.2 Å². The van der Waals surface area contributed by atoms with Crippen LogP contribution in [-0.4, -0.2) is 35.9 Å². The molecule has 1 atom stereocenters. The Morgan fingerprint density at radius 2 is 2.27 bits per heavy atom. The first-order valence-corrected chi connectivity index (χ1v) is 7.65. The molecule has 4 heteroatoms. The van der Waals surface area contributed by atoms with Crippen molar-refractivity contribution in [3.05, 3.63) is 41.7 Å². The molecule has 112 valence electrons. The van der Waals surface area contributed by atoms with E-state index in [2.05, 4.69) is 16.0 Å². The summed E-state index contributed by atoms with van der Waals surface area (Å²) in [5.41, 5.74) is 3.37. The number of fused-ring (bicyclic) bond motifs is 4. The predicted octanol–water partition coefficient (Wildman–Crippen LogP) is 2.88. The second kappa shape index (κ2) is 5.13. The van der Waals surface area contributed by atoms with Crippen LogP contribution in [0.4, 0.5) is 0 Å². The number of rotatable bonds is 2. The van der Waals surface area contributed by atoms with Crippen LogP contribution in [0.3, 0.4) is 0 Å². The first-order chi connectivity index (χ1) is 10.7. The number of carbonyl (C=O) groups excluding carboxylic acids is 1. The van der Waals surface area contributed by atoms with E-state index in [-0.39, 0.29) is 5.92 Å². The number of hydrogen-bond donors (Lipinski definition) is 0. The third-order valence-corrected chi connectivity index (χ3v) is 4.72. The molecule has 3 saturated heterocycles. The zero-order chi connectivity index (χ0) is 15.1. The molecule has 3 aliphatic heterocycles. The lowest BCUT2D eigenvalue weighted by molar-refractivity contribution is -0.128. The fraction of sp³-hybridized carbons (Fsp3) is 0.333. The monoisotopic (exact) mass is 294 g/mol. The first-order valence-electron chi connectivity index (χ1n) is 7.65. The van der Waals surface area contributed by atoms with Crippen LogP contribution < -0.4 is 4.74 Å². The summed E-state index contributed by atoms with van der Waals surface area (Å²) in [6.07, 6.45) is 5.92. The van der Waals surface area contributed by atoms with Crippen molar-refractivity contribution < 1.29 is 9.53 Å². The molecule has 0 amide bonds. The topological polar surface area (TPSA) is 42.4 Å². The third kappa shape index (κ3) is 2.15. The molecule has 0 spiro atoms. The van der Waals surface area contributed by atoms with E-state index in [0.29, 0.717) is 12.3 Å². The van der Waals surface area contributed by atoms with Gasteiger partial charge in [0.15, 0.2) is 5.78 Å². The normalized spacial score (nSPS) is 22.6. The van der Waals surface area contributed by atoms with Gasteiger partial charge in [-0.25, -0.2) is 0 Å². The van der Waals surface area contributed by atoms with Crippen molar-refractivity contribution in [2.45, 2.75) is 12.8 Å². The molecule has 4 nitrogen and oxygen atoms in total. The van der Waals surface area contributed by atoms with E-state index in [9.17, 15) is 4.79 Å². The van der Waals surface area contributed by atoms with Gasteiger partial charge >= 0.3 is 0 Å². The number of benzene rings is 1. The Morgan fingerprint density at radius 3 is 3.00 bits per heavy atom. The number of hydrogen-bond acceptors (Lipinski definition) is 4. The number of ether oxygens (including phenoxy) is 1. The van der Waals surface area contributed by atoms with Gasteiger partial charge in [-0.1, -0.05) is 0 Å². The maximum atomic E-state index is 11.9. The van der Waals surface area contributed by atoms with E-state index in [1.165, 1.54) is 5.70 Å². The van der Waals surface area contributed by atoms with E-state index >= 15 is 0 Å². The number of methoxy groups -OCH3 is 1. The molecule has 22 heavy (non-hydrogen) atoms. The lowest BCUT2D eigenvalue weighted by atomic mass is 9.84. The molecule has 1 unspecified atom stereocenters. The van der Waals surface area contributed by atoms with Gasteiger partial charge in [0.1, 0.15) is 5.75 Å². The summed E-state index contributed by atoms with van der Waals surface area (Å²) in [4.78, 5) is 18.5. The van der Waals surface area contributed by atoms with Crippen LogP contribution in [0.15, 0.2) is 36.2 Å². The highest BCUT2D eigenvalue weighted by atomic mass is 16.5. The quantitative estimate of drug-likeness (QED) is 0.854. The summed E-state index contributed by atoms with van der Waals surface area (Å²) in [7, 11) is 1.67. The molecule has 2 aromatic rings. The second-order valence-electron chi connectivity index (χ2n) is 6.00. The highest BCUT2D eigenvalue weighted by Gasteiger charge is 2.35. The molecule has 3 aliphatic rings. The Morgan fingerprint density at radius 1 is 1.36 bits per heavy atom. The maximum Gasteiger partial charge on any atom is 0.155 e. The Kier molecular flexibility index (Phi) is 3.10. The molecule has 3 fully saturated rings. The van der Waals surface area contributed by atoms with Crippen molar-refractivity contribution in [1.82, 2.24) is 9.88 Å². The predicted molar refractivity (Wildman–Crippen MR) is 85.6 cm³/mol. The smallest absolute Gasteiger partial charge is 0.155 e. The second-order valence-corrected chi connectivity index (χ2v) is 6.00. The highest BCUT2D eigenvalue weighted by molar-refractivity contribution is 5.90. The highest BCUT2D eigenvalue weighted by Crippen LogP contribution is 2.34. The summed E-state index contributed by atoms with van der Waals surface area (Å²) in [6.45, 7) is 1.57. The summed E-state index contributed by atoms with van der Waals surface area (Å²) in [5.74, 6) is 1.45. The third-order valence-electron chi connectivity index (χ3n) is 4.72. The van der Waals surface area contributed by atoms with Gasteiger partial charge in [-0.2, -0.15) is 0 Å². The van der Waals surface area contributed by atoms with Crippen molar-refractivity contribution in [1.29, 1.82) is 0 Å². The Bertz CT molecular complexity index is 782. The number of carbonyl (C=O) groups is 1. The first kappa shape index (κ1) is 13.3. The van der Waals surface area contributed by atoms with E-state index in [0.717, 1.165) is 41.6 Å². The van der Waals surface area contributed by atoms with Gasteiger partial charge in [-0.05, 0) is 48.7 Å². The zero-order valence-corrected chi connectivity index (χ0v) is 12.6. The molecule has 0 N–H and O–H groups in total. The van der Waals surface area contributed by atoms with Gasteiger partial charge in [-0.3, -0.25) is 9.78 Å². The average molecular weight is 294 g/mol. The van der Waals surface area contributed by atoms with Crippen molar-refractivity contribution in [2.24, 2.45) is 5.92 Å². The van der Waals surface area contributed by atoms with Crippen molar-refractivity contribution >= 4 is 22.8 Å². The average Bonchev–Trinajstić information content (AvgIpc) is 2.56. The molecule has 1 aromatic carbocycles. The molecule has 4 heterocycles. The number of ketones is 1. The number of piperidine rings is 3. The fourth-order valence-corrected chi connectivity index (χ4v) is 3.44. The van der Waals surface area contributed by atoms with Gasteiger partial charge in [-0.15, -0.1) is 0 Å². The van der Waals surface area contributed by atoms with Crippen LogP contribution in [0, 0.1) is 5.92 Å². The van der Waals surface area contributed by atoms with Gasteiger partial charge < -0.3 is 9.64 Å².